The Morgan fingerprint density at radius 3 is 2.00 bits per heavy atom. The number of halogens is 4. The fourth-order valence-corrected chi connectivity index (χ4v) is 1.10. The highest BCUT2D eigenvalue weighted by Crippen LogP contribution is 2.32. The van der Waals surface area contributed by atoms with Crippen LogP contribution in [0.2, 0.25) is 0 Å². The SMILES string of the molecule is O[C@@H](c1ccc(Br)cc1)C(F)(F)F. The first-order chi connectivity index (χ1) is 5.91. The van der Waals surface area contributed by atoms with Gasteiger partial charge in [-0.2, -0.15) is 13.2 Å². The zero-order valence-electron chi connectivity index (χ0n) is 6.35. The van der Waals surface area contributed by atoms with Crippen molar-refractivity contribution in [3.63, 3.8) is 0 Å². The minimum atomic E-state index is -4.60. The second kappa shape index (κ2) is 3.67. The molecule has 0 heterocycles. The van der Waals surface area contributed by atoms with E-state index in [-0.39, 0.29) is 5.56 Å². The number of hydrogen-bond donors (Lipinski definition) is 1. The maximum absolute atomic E-state index is 12.0. The summed E-state index contributed by atoms with van der Waals surface area (Å²) in [5.74, 6) is 0. The molecule has 0 bridgehead atoms. The summed E-state index contributed by atoms with van der Waals surface area (Å²) in [7, 11) is 0. The van der Waals surface area contributed by atoms with E-state index in [0.29, 0.717) is 4.47 Å². The van der Waals surface area contributed by atoms with E-state index in [9.17, 15) is 13.2 Å². The zero-order valence-corrected chi connectivity index (χ0v) is 7.93. The molecule has 0 amide bonds. The molecule has 0 saturated heterocycles. The Balaban J connectivity index is 2.90. The van der Waals surface area contributed by atoms with Crippen molar-refractivity contribution in [2.45, 2.75) is 12.3 Å². The van der Waals surface area contributed by atoms with Gasteiger partial charge in [-0.05, 0) is 17.7 Å². The van der Waals surface area contributed by atoms with Crippen LogP contribution in [0, 0.1) is 0 Å². The Labute approximate surface area is 81.3 Å². The molecule has 1 N–H and O–H groups in total. The molecule has 1 rings (SSSR count). The van der Waals surface area contributed by atoms with E-state index in [1.165, 1.54) is 24.3 Å². The normalized spacial score (nSPS) is 14.2. The molecule has 0 aliphatic rings. The summed E-state index contributed by atoms with van der Waals surface area (Å²) in [6.45, 7) is 0. The van der Waals surface area contributed by atoms with Crippen molar-refractivity contribution in [2.75, 3.05) is 0 Å². The summed E-state index contributed by atoms with van der Waals surface area (Å²) in [5.41, 5.74) is -0.157. The minimum Gasteiger partial charge on any atom is -0.379 e. The van der Waals surface area contributed by atoms with Crippen LogP contribution < -0.4 is 0 Å². The van der Waals surface area contributed by atoms with E-state index in [1.807, 2.05) is 0 Å². The molecule has 1 atom stereocenters. The van der Waals surface area contributed by atoms with Crippen molar-refractivity contribution in [1.82, 2.24) is 0 Å². The van der Waals surface area contributed by atoms with Crippen LogP contribution >= 0.6 is 15.9 Å². The first-order valence-corrected chi connectivity index (χ1v) is 4.21. The van der Waals surface area contributed by atoms with Gasteiger partial charge in [0.05, 0.1) is 0 Å². The summed E-state index contributed by atoms with van der Waals surface area (Å²) in [5, 5.41) is 8.81. The third kappa shape index (κ3) is 2.70. The number of aliphatic hydroxyl groups excluding tert-OH is 1. The van der Waals surface area contributed by atoms with Crippen LogP contribution in [0.4, 0.5) is 13.2 Å². The van der Waals surface area contributed by atoms with E-state index in [1.54, 1.807) is 0 Å². The van der Waals surface area contributed by atoms with Gasteiger partial charge in [-0.1, -0.05) is 28.1 Å². The van der Waals surface area contributed by atoms with Crippen LogP contribution in [0.3, 0.4) is 0 Å². The van der Waals surface area contributed by atoms with Crippen LogP contribution in [0.5, 0.6) is 0 Å². The van der Waals surface area contributed by atoms with Crippen molar-refractivity contribution in [3.05, 3.63) is 34.3 Å². The molecule has 0 aliphatic heterocycles. The maximum atomic E-state index is 12.0. The molecule has 0 fully saturated rings. The highest BCUT2D eigenvalue weighted by molar-refractivity contribution is 9.10. The highest BCUT2D eigenvalue weighted by Gasteiger charge is 2.39. The minimum absolute atomic E-state index is 0.157. The average Bonchev–Trinajstić information content (AvgIpc) is 2.03. The Kier molecular flexibility index (Phi) is 2.98. The fourth-order valence-electron chi connectivity index (χ4n) is 0.834. The molecule has 5 heteroatoms. The van der Waals surface area contributed by atoms with Gasteiger partial charge in [-0.15, -0.1) is 0 Å². The van der Waals surface area contributed by atoms with E-state index in [2.05, 4.69) is 15.9 Å². The van der Waals surface area contributed by atoms with E-state index in [0.717, 1.165) is 0 Å². The topological polar surface area (TPSA) is 20.2 Å². The number of rotatable bonds is 1. The smallest absolute Gasteiger partial charge is 0.379 e. The van der Waals surface area contributed by atoms with E-state index < -0.39 is 12.3 Å². The third-order valence-electron chi connectivity index (χ3n) is 1.50. The third-order valence-corrected chi connectivity index (χ3v) is 2.02. The first-order valence-electron chi connectivity index (χ1n) is 3.41. The summed E-state index contributed by atoms with van der Waals surface area (Å²) in [6, 6.07) is 5.35. The molecule has 0 spiro atoms. The van der Waals surface area contributed by atoms with Gasteiger partial charge in [0.25, 0.3) is 0 Å². The summed E-state index contributed by atoms with van der Waals surface area (Å²) in [6.07, 6.45) is -7.01. The predicted octanol–water partition coefficient (Wildman–Crippen LogP) is 3.04. The van der Waals surface area contributed by atoms with Gasteiger partial charge in [0.15, 0.2) is 6.10 Å². The average molecular weight is 255 g/mol. The Morgan fingerprint density at radius 2 is 1.62 bits per heavy atom. The molecular weight excluding hydrogens is 249 g/mol. The fraction of sp³-hybridized carbons (Fsp3) is 0.250. The quantitative estimate of drug-likeness (QED) is 0.817. The number of hydrogen-bond acceptors (Lipinski definition) is 1. The van der Waals surface area contributed by atoms with Crippen molar-refractivity contribution in [1.29, 1.82) is 0 Å². The number of alkyl halides is 3. The molecule has 1 nitrogen and oxygen atoms in total. The predicted molar refractivity (Wildman–Crippen MR) is 45.2 cm³/mol. The first kappa shape index (κ1) is 10.5. The van der Waals surface area contributed by atoms with Gasteiger partial charge in [-0.3, -0.25) is 0 Å². The largest absolute Gasteiger partial charge is 0.418 e. The van der Waals surface area contributed by atoms with Crippen molar-refractivity contribution >= 4 is 15.9 Å². The molecular formula is C8H6BrF3O. The van der Waals surface area contributed by atoms with Gasteiger partial charge < -0.3 is 5.11 Å². The number of aliphatic hydroxyl groups is 1. The molecule has 13 heavy (non-hydrogen) atoms. The lowest BCUT2D eigenvalue weighted by Gasteiger charge is -2.14. The van der Waals surface area contributed by atoms with Gasteiger partial charge in [0.2, 0.25) is 0 Å². The van der Waals surface area contributed by atoms with Gasteiger partial charge >= 0.3 is 6.18 Å². The van der Waals surface area contributed by atoms with Gasteiger partial charge in [0, 0.05) is 4.47 Å². The molecule has 72 valence electrons. The lowest BCUT2D eigenvalue weighted by Crippen LogP contribution is -2.19. The van der Waals surface area contributed by atoms with Crippen LogP contribution in [0.15, 0.2) is 28.7 Å². The monoisotopic (exact) mass is 254 g/mol. The summed E-state index contributed by atoms with van der Waals surface area (Å²) < 4.78 is 36.6. The molecule has 0 aromatic heterocycles. The summed E-state index contributed by atoms with van der Waals surface area (Å²) >= 11 is 3.08. The second-order valence-corrected chi connectivity index (χ2v) is 3.41. The molecule has 1 aromatic rings. The van der Waals surface area contributed by atoms with Gasteiger partial charge in [0.1, 0.15) is 0 Å². The van der Waals surface area contributed by atoms with Crippen molar-refractivity contribution in [2.24, 2.45) is 0 Å². The van der Waals surface area contributed by atoms with E-state index in [4.69, 9.17) is 5.11 Å². The van der Waals surface area contributed by atoms with Crippen LogP contribution in [0.25, 0.3) is 0 Å². The standard InChI is InChI=1S/C8H6BrF3O/c9-6-3-1-5(2-4-6)7(13)8(10,11)12/h1-4,7,13H/t7-/m0/s1. The Hall–Kier alpha value is -0.550. The zero-order chi connectivity index (χ0) is 10.1. The Morgan fingerprint density at radius 1 is 1.15 bits per heavy atom. The molecule has 0 radical (unpaired) electrons. The van der Waals surface area contributed by atoms with Crippen LogP contribution in [0.1, 0.15) is 11.7 Å². The van der Waals surface area contributed by atoms with E-state index >= 15 is 0 Å². The molecule has 1 aromatic carbocycles. The second-order valence-electron chi connectivity index (χ2n) is 2.50. The van der Waals surface area contributed by atoms with Crippen molar-refractivity contribution < 1.29 is 18.3 Å². The Bertz CT molecular complexity index is 280. The molecule has 0 unspecified atom stereocenters. The molecule has 0 saturated carbocycles. The molecule has 0 aliphatic carbocycles. The van der Waals surface area contributed by atoms with Crippen LogP contribution in [-0.2, 0) is 0 Å². The van der Waals surface area contributed by atoms with Gasteiger partial charge in [-0.25, -0.2) is 0 Å². The highest BCUT2D eigenvalue weighted by atomic mass is 79.9. The lowest BCUT2D eigenvalue weighted by atomic mass is 10.1. The summed E-state index contributed by atoms with van der Waals surface area (Å²) in [4.78, 5) is 0. The lowest BCUT2D eigenvalue weighted by molar-refractivity contribution is -0.206. The van der Waals surface area contributed by atoms with Crippen LogP contribution in [-0.4, -0.2) is 11.3 Å². The van der Waals surface area contributed by atoms with Crippen molar-refractivity contribution in [3.8, 4) is 0 Å². The number of benzene rings is 1. The maximum Gasteiger partial charge on any atom is 0.418 e.